The molecule has 0 unspecified atom stereocenters. The first-order valence-electron chi connectivity index (χ1n) is 7.17. The van der Waals surface area contributed by atoms with Crippen LogP contribution in [0, 0.1) is 5.41 Å². The minimum Gasteiger partial charge on any atom is -0.293 e. The van der Waals surface area contributed by atoms with Crippen molar-refractivity contribution in [2.45, 2.75) is 63.4 Å². The summed E-state index contributed by atoms with van der Waals surface area (Å²) in [5, 5.41) is 1.99. The molecule has 0 aromatic carbocycles. The van der Waals surface area contributed by atoms with Gasteiger partial charge in [-0.15, -0.1) is 11.3 Å². The van der Waals surface area contributed by atoms with Crippen molar-refractivity contribution >= 4 is 28.9 Å². The predicted octanol–water partition coefficient (Wildman–Crippen LogP) is 4.47. The highest BCUT2D eigenvalue weighted by Gasteiger charge is 2.33. The van der Waals surface area contributed by atoms with Crippen LogP contribution in [0.5, 0.6) is 0 Å². The van der Waals surface area contributed by atoms with Gasteiger partial charge in [0, 0.05) is 17.4 Å². The average molecular weight is 295 g/mol. The first-order valence-corrected chi connectivity index (χ1v) is 9.03. The highest BCUT2D eigenvalue weighted by molar-refractivity contribution is 7.99. The molecule has 2 aliphatic rings. The lowest BCUT2D eigenvalue weighted by Gasteiger charge is -2.26. The number of nitrogens with zero attached hydrogens (tertiary/aromatic N) is 1. The first-order chi connectivity index (χ1) is 9.03. The summed E-state index contributed by atoms with van der Waals surface area (Å²) in [5.74, 6) is 1.30. The number of hydrogen-bond donors (Lipinski definition) is 0. The third kappa shape index (κ3) is 3.05. The van der Waals surface area contributed by atoms with Gasteiger partial charge >= 0.3 is 0 Å². The largest absolute Gasteiger partial charge is 0.293 e. The van der Waals surface area contributed by atoms with Crippen LogP contribution in [0.1, 0.15) is 66.3 Å². The minimum atomic E-state index is 0.0913. The molecule has 0 bridgehead atoms. The normalized spacial score (nSPS) is 22.7. The lowest BCUT2D eigenvalue weighted by Crippen LogP contribution is -2.25. The smallest absolute Gasteiger partial charge is 0.175 e. The Morgan fingerprint density at radius 1 is 1.32 bits per heavy atom. The van der Waals surface area contributed by atoms with Crippen molar-refractivity contribution < 1.29 is 4.79 Å². The Morgan fingerprint density at radius 2 is 2.05 bits per heavy atom. The average Bonchev–Trinajstić information content (AvgIpc) is 2.92. The van der Waals surface area contributed by atoms with E-state index in [1.807, 2.05) is 11.8 Å². The molecular weight excluding hydrogens is 274 g/mol. The van der Waals surface area contributed by atoms with E-state index >= 15 is 0 Å². The number of hydrogen-bond acceptors (Lipinski definition) is 4. The lowest BCUT2D eigenvalue weighted by atomic mass is 9.78. The van der Waals surface area contributed by atoms with Crippen LogP contribution >= 0.6 is 23.1 Å². The molecule has 1 saturated carbocycles. The Labute approximate surface area is 123 Å². The summed E-state index contributed by atoms with van der Waals surface area (Å²) in [5.41, 5.74) is 1.15. The summed E-state index contributed by atoms with van der Waals surface area (Å²) in [6, 6.07) is 0. The molecular formula is C15H21NOS2. The van der Waals surface area contributed by atoms with Crippen molar-refractivity contribution in [1.82, 2.24) is 4.98 Å². The van der Waals surface area contributed by atoms with E-state index in [2.05, 4.69) is 13.8 Å². The van der Waals surface area contributed by atoms with Crippen molar-refractivity contribution in [3.8, 4) is 0 Å². The maximum Gasteiger partial charge on any atom is 0.175 e. The zero-order valence-electron chi connectivity index (χ0n) is 11.7. The van der Waals surface area contributed by atoms with E-state index in [4.69, 9.17) is 4.98 Å². The van der Waals surface area contributed by atoms with Crippen LogP contribution in [-0.2, 0) is 12.2 Å². The van der Waals surface area contributed by atoms with Gasteiger partial charge in [-0.05, 0) is 24.7 Å². The molecule has 2 aliphatic carbocycles. The van der Waals surface area contributed by atoms with Gasteiger partial charge in [0.15, 0.2) is 5.78 Å². The van der Waals surface area contributed by atoms with Gasteiger partial charge in [-0.1, -0.05) is 26.7 Å². The van der Waals surface area contributed by atoms with Gasteiger partial charge in [0.2, 0.25) is 0 Å². The summed E-state index contributed by atoms with van der Waals surface area (Å²) in [6.07, 6.45) is 7.14. The van der Waals surface area contributed by atoms with Crippen molar-refractivity contribution in [2.24, 2.45) is 5.41 Å². The molecule has 3 rings (SSSR count). The molecule has 0 radical (unpaired) electrons. The second-order valence-electron chi connectivity index (χ2n) is 6.54. The molecule has 4 heteroatoms. The van der Waals surface area contributed by atoms with E-state index in [9.17, 15) is 4.79 Å². The molecule has 0 N–H and O–H groups in total. The molecule has 0 atom stereocenters. The van der Waals surface area contributed by atoms with Crippen LogP contribution in [0.2, 0.25) is 0 Å². The molecule has 1 aromatic rings. The van der Waals surface area contributed by atoms with E-state index in [0.717, 1.165) is 33.0 Å². The molecule has 0 amide bonds. The number of rotatable bonds is 3. The molecule has 104 valence electrons. The number of carbonyl (C=O) groups excluding carboxylic acids is 1. The van der Waals surface area contributed by atoms with Crippen LogP contribution in [0.4, 0.5) is 0 Å². The van der Waals surface area contributed by atoms with Crippen LogP contribution in [0.3, 0.4) is 0 Å². The summed E-state index contributed by atoms with van der Waals surface area (Å²) < 4.78 is 0. The second-order valence-corrected chi connectivity index (χ2v) is 8.91. The SMILES string of the molecule is CC1(C)CC(=O)c2sc(CSC3CCCC3)nc2C1. The van der Waals surface area contributed by atoms with Gasteiger partial charge in [-0.25, -0.2) is 4.98 Å². The number of thioether (sulfide) groups is 1. The highest BCUT2D eigenvalue weighted by atomic mass is 32.2. The zero-order valence-corrected chi connectivity index (χ0v) is 13.3. The summed E-state index contributed by atoms with van der Waals surface area (Å²) in [4.78, 5) is 17.8. The van der Waals surface area contributed by atoms with Crippen molar-refractivity contribution in [1.29, 1.82) is 0 Å². The van der Waals surface area contributed by atoms with Crippen molar-refractivity contribution in [3.63, 3.8) is 0 Å². The maximum atomic E-state index is 12.1. The standard InChI is InChI=1S/C15H21NOS2/c1-15(2)7-11-14(12(17)8-15)19-13(16-11)9-18-10-5-3-4-6-10/h10H,3-9H2,1-2H3. The highest BCUT2D eigenvalue weighted by Crippen LogP contribution is 2.38. The number of fused-ring (bicyclic) bond motifs is 1. The maximum absolute atomic E-state index is 12.1. The fourth-order valence-electron chi connectivity index (χ4n) is 3.08. The molecule has 0 spiro atoms. The second kappa shape index (κ2) is 5.21. The Kier molecular flexibility index (Phi) is 3.73. The fourth-order valence-corrected chi connectivity index (χ4v) is 5.44. The number of Topliss-reactive ketones (excluding diaryl/α,β-unsaturated/α-hetero) is 1. The Morgan fingerprint density at radius 3 is 2.79 bits per heavy atom. The first kappa shape index (κ1) is 13.6. The van der Waals surface area contributed by atoms with Crippen LogP contribution in [0.25, 0.3) is 0 Å². The van der Waals surface area contributed by atoms with Gasteiger partial charge in [0.05, 0.1) is 10.6 Å². The summed E-state index contributed by atoms with van der Waals surface area (Å²) in [6.45, 7) is 4.33. The number of ketones is 1. The third-order valence-electron chi connectivity index (χ3n) is 4.02. The van der Waals surface area contributed by atoms with Crippen LogP contribution in [0.15, 0.2) is 0 Å². The third-order valence-corrected chi connectivity index (χ3v) is 6.73. The molecule has 1 heterocycles. The van der Waals surface area contributed by atoms with E-state index in [0.29, 0.717) is 12.2 Å². The van der Waals surface area contributed by atoms with Crippen LogP contribution < -0.4 is 0 Å². The van der Waals surface area contributed by atoms with E-state index < -0.39 is 0 Å². The van der Waals surface area contributed by atoms with Gasteiger partial charge in [-0.3, -0.25) is 4.79 Å². The monoisotopic (exact) mass is 295 g/mol. The minimum absolute atomic E-state index is 0.0913. The molecule has 0 aliphatic heterocycles. The topological polar surface area (TPSA) is 30.0 Å². The lowest BCUT2D eigenvalue weighted by molar-refractivity contribution is 0.0916. The number of aromatic nitrogens is 1. The van der Waals surface area contributed by atoms with E-state index in [1.165, 1.54) is 25.7 Å². The molecule has 2 nitrogen and oxygen atoms in total. The Balaban J connectivity index is 1.70. The van der Waals surface area contributed by atoms with Gasteiger partial charge in [-0.2, -0.15) is 11.8 Å². The quantitative estimate of drug-likeness (QED) is 0.824. The van der Waals surface area contributed by atoms with Gasteiger partial charge in [0.25, 0.3) is 0 Å². The summed E-state index contributed by atoms with van der Waals surface area (Å²) >= 11 is 3.68. The molecule has 0 saturated heterocycles. The zero-order chi connectivity index (χ0) is 13.5. The Bertz CT molecular complexity index is 486. The van der Waals surface area contributed by atoms with E-state index in [-0.39, 0.29) is 5.41 Å². The van der Waals surface area contributed by atoms with Crippen LogP contribution in [-0.4, -0.2) is 16.0 Å². The van der Waals surface area contributed by atoms with Crippen molar-refractivity contribution in [2.75, 3.05) is 0 Å². The van der Waals surface area contributed by atoms with Gasteiger partial charge < -0.3 is 0 Å². The fraction of sp³-hybridized carbons (Fsp3) is 0.733. The van der Waals surface area contributed by atoms with Gasteiger partial charge in [0.1, 0.15) is 5.01 Å². The molecule has 1 fully saturated rings. The Hall–Kier alpha value is -0.350. The predicted molar refractivity (Wildman–Crippen MR) is 82.1 cm³/mol. The summed E-state index contributed by atoms with van der Waals surface area (Å²) in [7, 11) is 0. The van der Waals surface area contributed by atoms with E-state index in [1.54, 1.807) is 11.3 Å². The van der Waals surface area contributed by atoms with Crippen molar-refractivity contribution in [3.05, 3.63) is 15.6 Å². The molecule has 19 heavy (non-hydrogen) atoms. The number of thiazole rings is 1. The number of carbonyl (C=O) groups is 1. The molecule has 1 aromatic heterocycles.